The molecule has 6 heteroatoms. The third-order valence-corrected chi connectivity index (χ3v) is 4.43. The molecular weight excluding hydrogens is 336 g/mol. The second-order valence-electron chi connectivity index (χ2n) is 5.93. The van der Waals surface area contributed by atoms with Crippen molar-refractivity contribution in [3.05, 3.63) is 75.3 Å². The Morgan fingerprint density at radius 2 is 1.88 bits per heavy atom. The molecule has 124 valence electrons. The van der Waals surface area contributed by atoms with E-state index in [1.165, 1.54) is 10.6 Å². The smallest absolute Gasteiger partial charge is 0.273 e. The molecule has 25 heavy (non-hydrogen) atoms. The Kier molecular flexibility index (Phi) is 3.66. The molecule has 1 aromatic carbocycles. The summed E-state index contributed by atoms with van der Waals surface area (Å²) in [5, 5.41) is 3.75. The van der Waals surface area contributed by atoms with Gasteiger partial charge >= 0.3 is 0 Å². The molecule has 4 rings (SSSR count). The largest absolute Gasteiger partial charge is 0.293 e. The molecule has 0 aliphatic rings. The fourth-order valence-electron chi connectivity index (χ4n) is 2.99. The Morgan fingerprint density at radius 3 is 2.60 bits per heavy atom. The summed E-state index contributed by atoms with van der Waals surface area (Å²) in [6.45, 7) is 3.87. The number of hydrogen-bond donors (Lipinski definition) is 1. The summed E-state index contributed by atoms with van der Waals surface area (Å²) in [4.78, 5) is 21.7. The minimum absolute atomic E-state index is 0.173. The van der Waals surface area contributed by atoms with Crippen LogP contribution in [0.2, 0.25) is 5.02 Å². The molecule has 5 nitrogen and oxygen atoms in total. The molecule has 0 aliphatic heterocycles. The lowest BCUT2D eigenvalue weighted by atomic mass is 10.1. The van der Waals surface area contributed by atoms with E-state index >= 15 is 0 Å². The zero-order valence-corrected chi connectivity index (χ0v) is 14.5. The van der Waals surface area contributed by atoms with Crippen LogP contribution in [0.3, 0.4) is 0 Å². The molecule has 0 bridgehead atoms. The fraction of sp³-hybridized carbons (Fsp3) is 0.105. The highest BCUT2D eigenvalue weighted by atomic mass is 35.5. The van der Waals surface area contributed by atoms with E-state index in [0.717, 1.165) is 22.4 Å². The molecular formula is C19H15ClN4O. The summed E-state index contributed by atoms with van der Waals surface area (Å²) in [5.41, 5.74) is 5.34. The van der Waals surface area contributed by atoms with Crippen molar-refractivity contribution in [2.75, 3.05) is 0 Å². The number of aryl methyl sites for hydroxylation is 2. The summed E-state index contributed by atoms with van der Waals surface area (Å²) in [7, 11) is 0. The van der Waals surface area contributed by atoms with Crippen LogP contribution in [0.4, 0.5) is 0 Å². The van der Waals surface area contributed by atoms with Crippen molar-refractivity contribution < 1.29 is 0 Å². The van der Waals surface area contributed by atoms with Crippen LogP contribution in [0, 0.1) is 13.8 Å². The van der Waals surface area contributed by atoms with Crippen molar-refractivity contribution in [3.8, 4) is 22.5 Å². The average Bonchev–Trinajstić information content (AvgIpc) is 2.93. The van der Waals surface area contributed by atoms with Crippen LogP contribution >= 0.6 is 11.6 Å². The van der Waals surface area contributed by atoms with Gasteiger partial charge in [-0.25, -0.2) is 9.50 Å². The van der Waals surface area contributed by atoms with Crippen LogP contribution in [0.15, 0.2) is 53.5 Å². The van der Waals surface area contributed by atoms with Gasteiger partial charge in [-0.05, 0) is 43.2 Å². The third kappa shape index (κ3) is 2.62. The number of H-pyrrole nitrogens is 1. The van der Waals surface area contributed by atoms with Crippen LogP contribution in [-0.4, -0.2) is 19.6 Å². The van der Waals surface area contributed by atoms with Crippen molar-refractivity contribution in [2.45, 2.75) is 13.8 Å². The predicted octanol–water partition coefficient (Wildman–Crippen LogP) is 4.02. The first-order valence-corrected chi connectivity index (χ1v) is 8.22. The lowest BCUT2D eigenvalue weighted by molar-refractivity contribution is 0.881. The molecule has 0 atom stereocenters. The number of aromatic nitrogens is 4. The number of nitrogens with zero attached hydrogens (tertiary/aromatic N) is 3. The van der Waals surface area contributed by atoms with E-state index in [4.69, 9.17) is 16.6 Å². The summed E-state index contributed by atoms with van der Waals surface area (Å²) in [6.07, 6.45) is 1.70. The van der Waals surface area contributed by atoms with Gasteiger partial charge in [-0.15, -0.1) is 0 Å². The Hall–Kier alpha value is -2.92. The van der Waals surface area contributed by atoms with Crippen LogP contribution < -0.4 is 5.56 Å². The molecule has 3 heterocycles. The lowest BCUT2D eigenvalue weighted by Crippen LogP contribution is -2.14. The molecule has 0 spiro atoms. The molecule has 3 aromatic heterocycles. The maximum atomic E-state index is 12.6. The van der Waals surface area contributed by atoms with Gasteiger partial charge in [0.15, 0.2) is 5.65 Å². The second-order valence-corrected chi connectivity index (χ2v) is 6.36. The number of halogens is 1. The van der Waals surface area contributed by atoms with Crippen molar-refractivity contribution in [1.29, 1.82) is 0 Å². The summed E-state index contributed by atoms with van der Waals surface area (Å²) < 4.78 is 1.46. The highest BCUT2D eigenvalue weighted by molar-refractivity contribution is 6.30. The summed E-state index contributed by atoms with van der Waals surface area (Å²) >= 11 is 5.99. The number of fused-ring (bicyclic) bond motifs is 1. The minimum atomic E-state index is -0.173. The topological polar surface area (TPSA) is 63.1 Å². The number of pyridine rings is 1. The molecule has 0 aliphatic carbocycles. The Bertz CT molecular complexity index is 1140. The van der Waals surface area contributed by atoms with Crippen molar-refractivity contribution >= 4 is 17.2 Å². The molecule has 4 aromatic rings. The van der Waals surface area contributed by atoms with E-state index < -0.39 is 0 Å². The van der Waals surface area contributed by atoms with Crippen LogP contribution in [0.5, 0.6) is 0 Å². The lowest BCUT2D eigenvalue weighted by Gasteiger charge is -2.05. The van der Waals surface area contributed by atoms with Gasteiger partial charge in [0.2, 0.25) is 0 Å². The van der Waals surface area contributed by atoms with Gasteiger partial charge in [-0.3, -0.25) is 14.9 Å². The molecule has 0 fully saturated rings. The zero-order chi connectivity index (χ0) is 17.6. The number of hydrogen-bond acceptors (Lipinski definition) is 3. The quantitative estimate of drug-likeness (QED) is 0.594. The molecule has 0 radical (unpaired) electrons. The van der Waals surface area contributed by atoms with Crippen LogP contribution in [0.25, 0.3) is 28.2 Å². The van der Waals surface area contributed by atoms with Crippen molar-refractivity contribution in [1.82, 2.24) is 19.6 Å². The highest BCUT2D eigenvalue weighted by Gasteiger charge is 2.16. The van der Waals surface area contributed by atoms with E-state index in [2.05, 4.69) is 10.1 Å². The van der Waals surface area contributed by atoms with Gasteiger partial charge in [0.1, 0.15) is 0 Å². The molecule has 1 N–H and O–H groups in total. The van der Waals surface area contributed by atoms with E-state index in [1.54, 1.807) is 6.20 Å². The van der Waals surface area contributed by atoms with E-state index in [-0.39, 0.29) is 5.56 Å². The maximum Gasteiger partial charge on any atom is 0.273 e. The standard InChI is InChI=1S/C19H15ClN4O/c1-11-4-3-9-21-18(11)15-10-16(25)24-19(22-15)17(12(2)23-24)13-5-7-14(20)8-6-13/h3-10,23H,1-2H3. The fourth-order valence-corrected chi connectivity index (χ4v) is 3.11. The van der Waals surface area contributed by atoms with Crippen LogP contribution in [0.1, 0.15) is 11.3 Å². The van der Waals surface area contributed by atoms with Gasteiger partial charge in [-0.1, -0.05) is 29.8 Å². The first-order chi connectivity index (χ1) is 12.0. The number of benzene rings is 1. The Morgan fingerprint density at radius 1 is 1.12 bits per heavy atom. The SMILES string of the molecule is Cc1cccnc1-c1cc(=O)n2[nH]c(C)c(-c3ccc(Cl)cc3)c2n1. The van der Waals surface area contributed by atoms with E-state index in [9.17, 15) is 4.79 Å². The van der Waals surface area contributed by atoms with Gasteiger partial charge in [0.25, 0.3) is 5.56 Å². The van der Waals surface area contributed by atoms with Gasteiger partial charge in [-0.2, -0.15) is 0 Å². The monoisotopic (exact) mass is 350 g/mol. The Balaban J connectivity index is 2.02. The number of rotatable bonds is 2. The number of aromatic amines is 1. The first kappa shape index (κ1) is 15.6. The van der Waals surface area contributed by atoms with Crippen molar-refractivity contribution in [3.63, 3.8) is 0 Å². The first-order valence-electron chi connectivity index (χ1n) is 7.85. The average molecular weight is 351 g/mol. The third-order valence-electron chi connectivity index (χ3n) is 4.18. The van der Waals surface area contributed by atoms with Gasteiger partial charge in [0, 0.05) is 28.5 Å². The molecule has 0 saturated carbocycles. The van der Waals surface area contributed by atoms with E-state index in [0.29, 0.717) is 22.1 Å². The second kappa shape index (κ2) is 5.86. The minimum Gasteiger partial charge on any atom is -0.293 e. The highest BCUT2D eigenvalue weighted by Crippen LogP contribution is 2.29. The summed E-state index contributed by atoms with van der Waals surface area (Å²) in [5.74, 6) is 0. The summed E-state index contributed by atoms with van der Waals surface area (Å²) in [6, 6.07) is 12.8. The molecule has 0 unspecified atom stereocenters. The van der Waals surface area contributed by atoms with Crippen LogP contribution in [-0.2, 0) is 0 Å². The predicted molar refractivity (Wildman–Crippen MR) is 99.0 cm³/mol. The normalized spacial score (nSPS) is 11.2. The molecule has 0 saturated heterocycles. The zero-order valence-electron chi connectivity index (χ0n) is 13.7. The molecule has 0 amide bonds. The van der Waals surface area contributed by atoms with Crippen molar-refractivity contribution in [2.24, 2.45) is 0 Å². The van der Waals surface area contributed by atoms with E-state index in [1.807, 2.05) is 50.2 Å². The van der Waals surface area contributed by atoms with Gasteiger partial charge < -0.3 is 0 Å². The van der Waals surface area contributed by atoms with Gasteiger partial charge in [0.05, 0.1) is 11.4 Å². The number of nitrogens with one attached hydrogen (secondary N) is 1. The Labute approximate surface area is 148 Å². The maximum absolute atomic E-state index is 12.6.